The van der Waals surface area contributed by atoms with Gasteiger partial charge >= 0.3 is 0 Å². The van der Waals surface area contributed by atoms with Crippen LogP contribution in [0, 0.1) is 5.41 Å². The lowest BCUT2D eigenvalue weighted by Crippen LogP contribution is -2.46. The summed E-state index contributed by atoms with van der Waals surface area (Å²) in [4.78, 5) is 6.65. The van der Waals surface area contributed by atoms with Crippen LogP contribution in [0.3, 0.4) is 0 Å². The third kappa shape index (κ3) is 2.30. The Kier molecular flexibility index (Phi) is 2.94. The average molecular weight is 262 g/mol. The number of nitrogens with zero attached hydrogens (tertiary/aromatic N) is 5. The molecule has 8 heteroatoms. The highest BCUT2D eigenvalue weighted by molar-refractivity contribution is 5.49. The number of anilines is 1. The first-order valence-corrected chi connectivity index (χ1v) is 6.44. The van der Waals surface area contributed by atoms with Crippen molar-refractivity contribution in [3.05, 3.63) is 6.20 Å². The van der Waals surface area contributed by atoms with Gasteiger partial charge in [0.25, 0.3) is 0 Å². The summed E-state index contributed by atoms with van der Waals surface area (Å²) in [6, 6.07) is 0. The first-order valence-electron chi connectivity index (χ1n) is 6.44. The lowest BCUT2D eigenvalue weighted by molar-refractivity contribution is 0.270. The highest BCUT2D eigenvalue weighted by atomic mass is 15.4. The van der Waals surface area contributed by atoms with E-state index in [1.54, 1.807) is 6.20 Å². The van der Waals surface area contributed by atoms with Gasteiger partial charge in [-0.1, -0.05) is 6.92 Å². The molecular weight excluding hydrogens is 244 g/mol. The van der Waals surface area contributed by atoms with E-state index < -0.39 is 0 Å². The van der Waals surface area contributed by atoms with E-state index >= 15 is 0 Å². The van der Waals surface area contributed by atoms with Crippen molar-refractivity contribution in [2.45, 2.75) is 19.8 Å². The van der Waals surface area contributed by atoms with Gasteiger partial charge in [0, 0.05) is 13.1 Å². The van der Waals surface area contributed by atoms with Gasteiger partial charge in [-0.15, -0.1) is 5.10 Å². The number of aromatic amines is 2. The van der Waals surface area contributed by atoms with Crippen LogP contribution in [0.25, 0.3) is 11.5 Å². The fourth-order valence-corrected chi connectivity index (χ4v) is 2.48. The Hall–Kier alpha value is -1.96. The first-order chi connectivity index (χ1) is 9.20. The minimum atomic E-state index is 0.146. The van der Waals surface area contributed by atoms with Crippen molar-refractivity contribution in [1.82, 2.24) is 30.6 Å². The summed E-state index contributed by atoms with van der Waals surface area (Å²) in [6.45, 7) is 4.75. The number of hydrogen-bond donors (Lipinski definition) is 3. The quantitative estimate of drug-likeness (QED) is 0.726. The second kappa shape index (κ2) is 4.61. The zero-order chi connectivity index (χ0) is 13.3. The van der Waals surface area contributed by atoms with Crippen LogP contribution >= 0.6 is 0 Å². The van der Waals surface area contributed by atoms with E-state index in [2.05, 4.69) is 42.4 Å². The summed E-state index contributed by atoms with van der Waals surface area (Å²) in [5, 5.41) is 17.5. The second-order valence-electron chi connectivity index (χ2n) is 5.38. The molecule has 1 aliphatic rings. The molecule has 0 aliphatic carbocycles. The van der Waals surface area contributed by atoms with E-state index in [0.29, 0.717) is 24.0 Å². The van der Waals surface area contributed by atoms with E-state index in [-0.39, 0.29) is 5.41 Å². The smallest absolute Gasteiger partial charge is 0.245 e. The SMILES string of the molecule is CC1(CN)CCCN(c2n[nH]c(-c3cn[nH]n3)n2)C1. The maximum absolute atomic E-state index is 5.86. The third-order valence-corrected chi connectivity index (χ3v) is 3.69. The maximum atomic E-state index is 5.86. The topological polar surface area (TPSA) is 112 Å². The molecule has 3 rings (SSSR count). The van der Waals surface area contributed by atoms with Gasteiger partial charge < -0.3 is 10.6 Å². The third-order valence-electron chi connectivity index (χ3n) is 3.69. The normalized spacial score (nSPS) is 23.8. The molecule has 8 nitrogen and oxygen atoms in total. The Balaban J connectivity index is 1.79. The van der Waals surface area contributed by atoms with E-state index in [0.717, 1.165) is 25.9 Å². The average Bonchev–Trinajstić information content (AvgIpc) is 3.09. The number of hydrogen-bond acceptors (Lipinski definition) is 6. The molecule has 19 heavy (non-hydrogen) atoms. The van der Waals surface area contributed by atoms with Gasteiger partial charge in [-0.2, -0.15) is 20.4 Å². The lowest BCUT2D eigenvalue weighted by Gasteiger charge is -2.39. The molecular formula is C11H18N8. The molecule has 102 valence electrons. The number of piperidine rings is 1. The van der Waals surface area contributed by atoms with Gasteiger partial charge in [0.05, 0.1) is 6.20 Å². The fraction of sp³-hybridized carbons (Fsp3) is 0.636. The second-order valence-corrected chi connectivity index (χ2v) is 5.38. The number of rotatable bonds is 3. The van der Waals surface area contributed by atoms with Crippen LogP contribution in [-0.4, -0.2) is 50.2 Å². The zero-order valence-corrected chi connectivity index (χ0v) is 10.9. The summed E-state index contributed by atoms with van der Waals surface area (Å²) in [7, 11) is 0. The Morgan fingerprint density at radius 3 is 3.11 bits per heavy atom. The molecule has 0 amide bonds. The molecule has 1 fully saturated rings. The molecule has 1 aliphatic heterocycles. The van der Waals surface area contributed by atoms with Crippen molar-refractivity contribution in [3.63, 3.8) is 0 Å². The molecule has 1 atom stereocenters. The summed E-state index contributed by atoms with van der Waals surface area (Å²) in [5.74, 6) is 1.33. The van der Waals surface area contributed by atoms with Gasteiger partial charge in [0.2, 0.25) is 5.95 Å². The van der Waals surface area contributed by atoms with E-state index in [4.69, 9.17) is 5.73 Å². The Morgan fingerprint density at radius 1 is 1.47 bits per heavy atom. The summed E-state index contributed by atoms with van der Waals surface area (Å²) in [5.41, 5.74) is 6.67. The van der Waals surface area contributed by atoms with Crippen molar-refractivity contribution in [2.24, 2.45) is 11.1 Å². The predicted molar refractivity (Wildman–Crippen MR) is 70.4 cm³/mol. The molecule has 0 spiro atoms. The molecule has 0 saturated carbocycles. The van der Waals surface area contributed by atoms with Crippen molar-refractivity contribution in [2.75, 3.05) is 24.5 Å². The minimum Gasteiger partial charge on any atom is -0.339 e. The Bertz CT molecular complexity index is 533. The molecule has 3 heterocycles. The zero-order valence-electron chi connectivity index (χ0n) is 10.9. The number of aromatic nitrogens is 6. The van der Waals surface area contributed by atoms with Crippen molar-refractivity contribution < 1.29 is 0 Å². The maximum Gasteiger partial charge on any atom is 0.245 e. The van der Waals surface area contributed by atoms with Crippen LogP contribution < -0.4 is 10.6 Å². The number of H-pyrrole nitrogens is 2. The predicted octanol–water partition coefficient (Wildman–Crippen LogP) is 0.155. The van der Waals surface area contributed by atoms with Gasteiger partial charge in [-0.3, -0.25) is 5.10 Å². The van der Waals surface area contributed by atoms with Crippen LogP contribution in [0.5, 0.6) is 0 Å². The molecule has 0 radical (unpaired) electrons. The number of nitrogens with one attached hydrogen (secondary N) is 2. The molecule has 1 saturated heterocycles. The van der Waals surface area contributed by atoms with Gasteiger partial charge in [-0.25, -0.2) is 0 Å². The minimum absolute atomic E-state index is 0.146. The molecule has 1 unspecified atom stereocenters. The molecule has 4 N–H and O–H groups in total. The van der Waals surface area contributed by atoms with Crippen LogP contribution in [0.2, 0.25) is 0 Å². The van der Waals surface area contributed by atoms with E-state index in [1.165, 1.54) is 0 Å². The van der Waals surface area contributed by atoms with E-state index in [1.807, 2.05) is 0 Å². The van der Waals surface area contributed by atoms with Gasteiger partial charge in [0.15, 0.2) is 5.82 Å². The molecule has 0 bridgehead atoms. The lowest BCUT2D eigenvalue weighted by atomic mass is 9.82. The standard InChI is InChI=1S/C11H18N8/c1-11(6-12)3-2-4-19(7-11)10-14-9(16-17-10)8-5-13-18-15-8/h5H,2-4,6-7,12H2,1H3,(H,13,15,18)(H,14,16,17). The van der Waals surface area contributed by atoms with Crippen molar-refractivity contribution in [1.29, 1.82) is 0 Å². The fourth-order valence-electron chi connectivity index (χ4n) is 2.48. The summed E-state index contributed by atoms with van der Waals surface area (Å²) < 4.78 is 0. The monoisotopic (exact) mass is 262 g/mol. The molecule has 2 aromatic rings. The van der Waals surface area contributed by atoms with Crippen molar-refractivity contribution >= 4 is 5.95 Å². The van der Waals surface area contributed by atoms with E-state index in [9.17, 15) is 0 Å². The van der Waals surface area contributed by atoms with Gasteiger partial charge in [0.1, 0.15) is 5.69 Å². The van der Waals surface area contributed by atoms with Crippen LogP contribution in [0.4, 0.5) is 5.95 Å². The highest BCUT2D eigenvalue weighted by Crippen LogP contribution is 2.30. The summed E-state index contributed by atoms with van der Waals surface area (Å²) >= 11 is 0. The van der Waals surface area contributed by atoms with Crippen LogP contribution in [-0.2, 0) is 0 Å². The van der Waals surface area contributed by atoms with Gasteiger partial charge in [-0.05, 0) is 24.8 Å². The summed E-state index contributed by atoms with van der Waals surface area (Å²) in [6.07, 6.45) is 3.88. The first kappa shape index (κ1) is 12.1. The largest absolute Gasteiger partial charge is 0.339 e. The van der Waals surface area contributed by atoms with Crippen LogP contribution in [0.1, 0.15) is 19.8 Å². The number of nitrogens with two attached hydrogens (primary N) is 1. The Morgan fingerprint density at radius 2 is 2.37 bits per heavy atom. The van der Waals surface area contributed by atoms with Crippen LogP contribution in [0.15, 0.2) is 6.20 Å². The highest BCUT2D eigenvalue weighted by Gasteiger charge is 2.31. The molecule has 0 aromatic carbocycles. The molecule has 2 aromatic heterocycles. The van der Waals surface area contributed by atoms with Crippen molar-refractivity contribution in [3.8, 4) is 11.5 Å². The Labute approximate surface area is 110 Å².